The summed E-state index contributed by atoms with van der Waals surface area (Å²) in [4.78, 5) is 37.8. The number of hydrogen-bond donors (Lipinski definition) is 2. The SMILES string of the molecule is O=C(NCCCC(=O)N1CCc2ccccc2C1C(=O)O)c1ccccc1. The predicted octanol–water partition coefficient (Wildman–Crippen LogP) is 2.41. The summed E-state index contributed by atoms with van der Waals surface area (Å²) in [5, 5.41) is 12.4. The van der Waals surface area contributed by atoms with Crippen molar-refractivity contribution in [2.75, 3.05) is 13.1 Å². The molecule has 1 atom stereocenters. The zero-order valence-electron chi connectivity index (χ0n) is 14.9. The summed E-state index contributed by atoms with van der Waals surface area (Å²) in [6, 6.07) is 15.3. The highest BCUT2D eigenvalue weighted by Crippen LogP contribution is 2.30. The van der Waals surface area contributed by atoms with Gasteiger partial charge in [-0.25, -0.2) is 4.79 Å². The number of nitrogens with zero attached hydrogens (tertiary/aromatic N) is 1. The molecule has 3 rings (SSSR count). The van der Waals surface area contributed by atoms with Crippen molar-refractivity contribution in [2.45, 2.75) is 25.3 Å². The van der Waals surface area contributed by atoms with E-state index in [2.05, 4.69) is 5.32 Å². The Hall–Kier alpha value is -3.15. The van der Waals surface area contributed by atoms with Crippen molar-refractivity contribution in [3.8, 4) is 0 Å². The molecule has 1 aliphatic rings. The minimum atomic E-state index is -1.02. The molecule has 2 N–H and O–H groups in total. The number of aliphatic carboxylic acids is 1. The number of nitrogens with one attached hydrogen (secondary N) is 1. The fourth-order valence-corrected chi connectivity index (χ4v) is 3.38. The number of fused-ring (bicyclic) bond motifs is 1. The monoisotopic (exact) mass is 366 g/mol. The maximum Gasteiger partial charge on any atom is 0.331 e. The molecule has 2 aromatic carbocycles. The second-order valence-corrected chi connectivity index (χ2v) is 6.50. The molecule has 1 unspecified atom stereocenters. The van der Waals surface area contributed by atoms with E-state index in [1.165, 1.54) is 4.90 Å². The van der Waals surface area contributed by atoms with Gasteiger partial charge in [0.25, 0.3) is 5.91 Å². The highest BCUT2D eigenvalue weighted by atomic mass is 16.4. The first-order valence-electron chi connectivity index (χ1n) is 9.01. The molecule has 0 radical (unpaired) electrons. The van der Waals surface area contributed by atoms with Gasteiger partial charge in [-0.2, -0.15) is 0 Å². The van der Waals surface area contributed by atoms with Gasteiger partial charge in [0.1, 0.15) is 0 Å². The van der Waals surface area contributed by atoms with Crippen LogP contribution in [0, 0.1) is 0 Å². The first kappa shape index (κ1) is 18.6. The summed E-state index contributed by atoms with van der Waals surface area (Å²) in [6.45, 7) is 0.755. The summed E-state index contributed by atoms with van der Waals surface area (Å²) in [5.74, 6) is -1.41. The zero-order valence-corrected chi connectivity index (χ0v) is 14.9. The van der Waals surface area contributed by atoms with Crippen LogP contribution in [0.15, 0.2) is 54.6 Å². The molecule has 0 bridgehead atoms. The van der Waals surface area contributed by atoms with E-state index in [0.29, 0.717) is 37.1 Å². The smallest absolute Gasteiger partial charge is 0.331 e. The first-order chi connectivity index (χ1) is 13.1. The van der Waals surface area contributed by atoms with Crippen LogP contribution >= 0.6 is 0 Å². The predicted molar refractivity (Wildman–Crippen MR) is 100 cm³/mol. The number of hydrogen-bond acceptors (Lipinski definition) is 3. The fraction of sp³-hybridized carbons (Fsp3) is 0.286. The van der Waals surface area contributed by atoms with Crippen molar-refractivity contribution >= 4 is 17.8 Å². The quantitative estimate of drug-likeness (QED) is 0.769. The lowest BCUT2D eigenvalue weighted by Gasteiger charge is -2.34. The van der Waals surface area contributed by atoms with Gasteiger partial charge >= 0.3 is 5.97 Å². The molecule has 0 aliphatic carbocycles. The Morgan fingerprint density at radius 3 is 2.48 bits per heavy atom. The van der Waals surface area contributed by atoms with E-state index in [1.54, 1.807) is 36.4 Å². The average Bonchev–Trinajstić information content (AvgIpc) is 2.70. The maximum atomic E-state index is 12.6. The fourth-order valence-electron chi connectivity index (χ4n) is 3.38. The molecule has 2 aromatic rings. The standard InChI is InChI=1S/C21H22N2O4/c24-18(11-6-13-22-20(25)16-8-2-1-3-9-16)23-14-12-15-7-4-5-10-17(15)19(23)21(26)27/h1-5,7-10,19H,6,11-14H2,(H,22,25)(H,26,27). The summed E-state index contributed by atoms with van der Waals surface area (Å²) >= 11 is 0. The third-order valence-corrected chi connectivity index (χ3v) is 4.73. The molecule has 6 nitrogen and oxygen atoms in total. The van der Waals surface area contributed by atoms with E-state index < -0.39 is 12.0 Å². The number of carboxylic acids is 1. The average molecular weight is 366 g/mol. The molecule has 27 heavy (non-hydrogen) atoms. The molecule has 0 saturated heterocycles. The Morgan fingerprint density at radius 2 is 1.74 bits per heavy atom. The van der Waals surface area contributed by atoms with Crippen LogP contribution in [0.4, 0.5) is 0 Å². The van der Waals surface area contributed by atoms with Crippen LogP contribution in [-0.4, -0.2) is 40.9 Å². The topological polar surface area (TPSA) is 86.7 Å². The van der Waals surface area contributed by atoms with Gasteiger partial charge in [0.05, 0.1) is 0 Å². The zero-order chi connectivity index (χ0) is 19.2. The third kappa shape index (κ3) is 4.34. The lowest BCUT2D eigenvalue weighted by atomic mass is 9.92. The second-order valence-electron chi connectivity index (χ2n) is 6.50. The number of carboxylic acid groups (broad SMARTS) is 1. The van der Waals surface area contributed by atoms with Crippen LogP contribution in [-0.2, 0) is 16.0 Å². The first-order valence-corrected chi connectivity index (χ1v) is 9.01. The van der Waals surface area contributed by atoms with Gasteiger partial charge in [0.2, 0.25) is 5.91 Å². The van der Waals surface area contributed by atoms with Crippen LogP contribution in [0.3, 0.4) is 0 Å². The molecule has 0 aromatic heterocycles. The van der Waals surface area contributed by atoms with Gasteiger partial charge < -0.3 is 15.3 Å². The molecular formula is C21H22N2O4. The van der Waals surface area contributed by atoms with Gasteiger partial charge in [-0.3, -0.25) is 9.59 Å². The number of carbonyl (C=O) groups excluding carboxylic acids is 2. The number of benzene rings is 2. The minimum Gasteiger partial charge on any atom is -0.479 e. The Kier molecular flexibility index (Phi) is 5.86. The maximum absolute atomic E-state index is 12.6. The van der Waals surface area contributed by atoms with E-state index in [4.69, 9.17) is 0 Å². The van der Waals surface area contributed by atoms with Crippen LogP contribution in [0.5, 0.6) is 0 Å². The van der Waals surface area contributed by atoms with E-state index in [0.717, 1.165) is 5.56 Å². The number of rotatable bonds is 6. The minimum absolute atomic E-state index is 0.182. The van der Waals surface area contributed by atoms with Crippen molar-refractivity contribution in [1.82, 2.24) is 10.2 Å². The Morgan fingerprint density at radius 1 is 1.04 bits per heavy atom. The summed E-state index contributed by atoms with van der Waals surface area (Å²) in [6.07, 6.45) is 1.30. The summed E-state index contributed by atoms with van der Waals surface area (Å²) in [7, 11) is 0. The van der Waals surface area contributed by atoms with Gasteiger partial charge in [0, 0.05) is 25.1 Å². The van der Waals surface area contributed by atoms with E-state index in [9.17, 15) is 19.5 Å². The van der Waals surface area contributed by atoms with Gasteiger partial charge in [0.15, 0.2) is 6.04 Å². The van der Waals surface area contributed by atoms with Crippen LogP contribution in [0.1, 0.15) is 40.4 Å². The third-order valence-electron chi connectivity index (χ3n) is 4.73. The van der Waals surface area contributed by atoms with Crippen molar-refractivity contribution in [2.24, 2.45) is 0 Å². The van der Waals surface area contributed by atoms with Crippen LogP contribution in [0.2, 0.25) is 0 Å². The second kappa shape index (κ2) is 8.49. The Labute approximate surface area is 157 Å². The highest BCUT2D eigenvalue weighted by molar-refractivity contribution is 5.94. The molecule has 1 aliphatic heterocycles. The number of amides is 2. The molecule has 0 fully saturated rings. The highest BCUT2D eigenvalue weighted by Gasteiger charge is 2.35. The molecule has 6 heteroatoms. The number of carbonyl (C=O) groups is 3. The van der Waals surface area contributed by atoms with Crippen molar-refractivity contribution in [1.29, 1.82) is 0 Å². The molecule has 1 heterocycles. The lowest BCUT2D eigenvalue weighted by Crippen LogP contribution is -2.43. The van der Waals surface area contributed by atoms with Crippen LogP contribution < -0.4 is 5.32 Å². The molecule has 2 amide bonds. The Balaban J connectivity index is 1.55. The summed E-state index contributed by atoms with van der Waals surface area (Å²) in [5.41, 5.74) is 2.23. The lowest BCUT2D eigenvalue weighted by molar-refractivity contribution is -0.151. The summed E-state index contributed by atoms with van der Waals surface area (Å²) < 4.78 is 0. The van der Waals surface area contributed by atoms with E-state index >= 15 is 0 Å². The Bertz CT molecular complexity index is 835. The van der Waals surface area contributed by atoms with Crippen molar-refractivity contribution in [3.05, 3.63) is 71.3 Å². The van der Waals surface area contributed by atoms with Gasteiger partial charge in [-0.05, 0) is 36.1 Å². The normalized spacial score (nSPS) is 15.7. The molecule has 0 saturated carbocycles. The van der Waals surface area contributed by atoms with E-state index in [-0.39, 0.29) is 18.2 Å². The van der Waals surface area contributed by atoms with Crippen molar-refractivity contribution < 1.29 is 19.5 Å². The molecular weight excluding hydrogens is 344 g/mol. The molecule has 0 spiro atoms. The van der Waals surface area contributed by atoms with E-state index in [1.807, 2.05) is 18.2 Å². The van der Waals surface area contributed by atoms with Gasteiger partial charge in [-0.1, -0.05) is 42.5 Å². The van der Waals surface area contributed by atoms with Crippen molar-refractivity contribution in [3.63, 3.8) is 0 Å². The van der Waals surface area contributed by atoms with Crippen LogP contribution in [0.25, 0.3) is 0 Å². The largest absolute Gasteiger partial charge is 0.479 e. The van der Waals surface area contributed by atoms with Gasteiger partial charge in [-0.15, -0.1) is 0 Å². The molecule has 140 valence electrons.